The van der Waals surface area contributed by atoms with Gasteiger partial charge in [-0.05, 0) is 54.5 Å². The normalized spacial score (nSPS) is 17.6. The summed E-state index contributed by atoms with van der Waals surface area (Å²) in [5.41, 5.74) is 3.08. The molecule has 1 unspecified atom stereocenters. The number of thioether (sulfide) groups is 1. The van der Waals surface area contributed by atoms with Crippen LogP contribution in [0, 0.1) is 18.8 Å². The third-order valence-corrected chi connectivity index (χ3v) is 8.31. The van der Waals surface area contributed by atoms with Gasteiger partial charge in [-0.25, -0.2) is 9.97 Å². The summed E-state index contributed by atoms with van der Waals surface area (Å²) in [6.07, 6.45) is 2.78. The molecule has 2 atom stereocenters. The molecule has 1 saturated carbocycles. The van der Waals surface area contributed by atoms with Crippen molar-refractivity contribution in [2.75, 3.05) is 6.61 Å². The molecular weight excluding hydrogens is 462 g/mol. The van der Waals surface area contributed by atoms with Crippen LogP contribution in [0.1, 0.15) is 24.5 Å². The first-order valence-electron chi connectivity index (χ1n) is 10.5. The molecule has 0 radical (unpaired) electrons. The van der Waals surface area contributed by atoms with Crippen LogP contribution >= 0.6 is 34.7 Å². The minimum atomic E-state index is -0.151. The number of aryl methyl sites for hydroxylation is 1. The van der Waals surface area contributed by atoms with Crippen molar-refractivity contribution in [3.05, 3.63) is 75.3 Å². The number of aromatic nitrogens is 3. The Morgan fingerprint density at radius 2 is 2.03 bits per heavy atom. The second-order valence-corrected chi connectivity index (χ2v) is 10.8. The van der Waals surface area contributed by atoms with Crippen molar-refractivity contribution in [2.24, 2.45) is 11.8 Å². The average molecular weight is 484 g/mol. The van der Waals surface area contributed by atoms with E-state index >= 15 is 0 Å². The van der Waals surface area contributed by atoms with Crippen LogP contribution in [-0.4, -0.2) is 21.1 Å². The van der Waals surface area contributed by atoms with E-state index in [1.165, 1.54) is 34.2 Å². The number of benzene rings is 2. The predicted molar refractivity (Wildman–Crippen MR) is 132 cm³/mol. The van der Waals surface area contributed by atoms with E-state index in [4.69, 9.17) is 16.3 Å². The first kappa shape index (κ1) is 21.5. The second-order valence-electron chi connectivity index (χ2n) is 8.17. The zero-order valence-corrected chi connectivity index (χ0v) is 20.1. The maximum atomic E-state index is 13.1. The van der Waals surface area contributed by atoms with E-state index in [0.717, 1.165) is 33.9 Å². The van der Waals surface area contributed by atoms with Crippen LogP contribution in [0.25, 0.3) is 16.0 Å². The fraction of sp³-hybridized carbons (Fsp3) is 0.292. The molecule has 2 aromatic carbocycles. The highest BCUT2D eigenvalue weighted by atomic mass is 35.5. The molecule has 0 amide bonds. The van der Waals surface area contributed by atoms with Crippen molar-refractivity contribution in [3.63, 3.8) is 0 Å². The van der Waals surface area contributed by atoms with Crippen LogP contribution < -0.4 is 10.3 Å². The second kappa shape index (κ2) is 8.89. The highest BCUT2D eigenvalue weighted by Gasteiger charge is 2.32. The fourth-order valence-corrected chi connectivity index (χ4v) is 5.90. The Morgan fingerprint density at radius 3 is 2.75 bits per heavy atom. The molecule has 5 rings (SSSR count). The van der Waals surface area contributed by atoms with Gasteiger partial charge in [0.05, 0.1) is 17.3 Å². The summed E-state index contributed by atoms with van der Waals surface area (Å²) in [7, 11) is 0. The van der Waals surface area contributed by atoms with Crippen molar-refractivity contribution >= 4 is 45.0 Å². The van der Waals surface area contributed by atoms with Gasteiger partial charge in [-0.15, -0.1) is 11.3 Å². The number of para-hydroxylation sites is 1. The maximum Gasteiger partial charge on any atom is 0.277 e. The highest BCUT2D eigenvalue weighted by Crippen LogP contribution is 2.38. The Morgan fingerprint density at radius 1 is 1.25 bits per heavy atom. The summed E-state index contributed by atoms with van der Waals surface area (Å²) >= 11 is 9.33. The van der Waals surface area contributed by atoms with Gasteiger partial charge in [0.1, 0.15) is 16.8 Å². The van der Waals surface area contributed by atoms with Crippen LogP contribution in [0.4, 0.5) is 0 Å². The number of hydrogen-bond acceptors (Lipinski definition) is 6. The van der Waals surface area contributed by atoms with Gasteiger partial charge < -0.3 is 4.74 Å². The standard InChI is InChI=1S/C24H22ClN3O2S2/c1-14-4-3-5-19(25)20(14)28-13-26-22-21(23(28)29)32-24(27-22)31-12-16-6-8-18(9-7-16)30-11-17-10-15(17)2/h3-9,13,15,17H,10-12H2,1-2H3/t15?,17-/m1/s1. The number of ether oxygens (including phenoxy) is 1. The van der Waals surface area contributed by atoms with Gasteiger partial charge in [0.15, 0.2) is 9.99 Å². The summed E-state index contributed by atoms with van der Waals surface area (Å²) < 4.78 is 8.73. The largest absolute Gasteiger partial charge is 0.493 e. The van der Waals surface area contributed by atoms with Gasteiger partial charge in [-0.3, -0.25) is 9.36 Å². The summed E-state index contributed by atoms with van der Waals surface area (Å²) in [5.74, 6) is 3.19. The average Bonchev–Trinajstić information content (AvgIpc) is 3.32. The number of hydrogen-bond donors (Lipinski definition) is 0. The van der Waals surface area contributed by atoms with Gasteiger partial charge >= 0.3 is 0 Å². The Balaban J connectivity index is 1.30. The Kier molecular flexibility index (Phi) is 5.97. The van der Waals surface area contributed by atoms with E-state index in [-0.39, 0.29) is 5.56 Å². The number of thiazole rings is 1. The molecule has 164 valence electrons. The van der Waals surface area contributed by atoms with Crippen molar-refractivity contribution in [1.29, 1.82) is 0 Å². The topological polar surface area (TPSA) is 57.0 Å². The minimum Gasteiger partial charge on any atom is -0.493 e. The molecule has 0 saturated heterocycles. The molecule has 32 heavy (non-hydrogen) atoms. The Bertz CT molecular complexity index is 1310. The molecule has 2 heterocycles. The molecular formula is C24H22ClN3O2S2. The lowest BCUT2D eigenvalue weighted by Gasteiger charge is -2.10. The molecule has 2 aromatic heterocycles. The Labute approximate surface area is 199 Å². The third kappa shape index (κ3) is 4.42. The first-order valence-corrected chi connectivity index (χ1v) is 12.7. The lowest BCUT2D eigenvalue weighted by atomic mass is 10.2. The van der Waals surface area contributed by atoms with Gasteiger partial charge in [-0.2, -0.15) is 0 Å². The van der Waals surface area contributed by atoms with E-state index in [1.54, 1.807) is 17.8 Å². The van der Waals surface area contributed by atoms with Crippen molar-refractivity contribution < 1.29 is 4.74 Å². The summed E-state index contributed by atoms with van der Waals surface area (Å²) in [6.45, 7) is 4.99. The summed E-state index contributed by atoms with van der Waals surface area (Å²) in [5, 5.41) is 0.520. The molecule has 1 aliphatic carbocycles. The molecule has 1 fully saturated rings. The fourth-order valence-electron chi connectivity index (χ4n) is 3.60. The highest BCUT2D eigenvalue weighted by molar-refractivity contribution is 8.00. The van der Waals surface area contributed by atoms with Gasteiger partial charge in [0, 0.05) is 5.75 Å². The minimum absolute atomic E-state index is 0.151. The predicted octanol–water partition coefficient (Wildman–Crippen LogP) is 6.13. The van der Waals surface area contributed by atoms with Gasteiger partial charge in [0.2, 0.25) is 0 Å². The van der Waals surface area contributed by atoms with Crippen LogP contribution in [0.15, 0.2) is 57.9 Å². The molecule has 5 nitrogen and oxygen atoms in total. The molecule has 8 heteroatoms. The van der Waals surface area contributed by atoms with E-state index < -0.39 is 0 Å². The smallest absolute Gasteiger partial charge is 0.277 e. The molecule has 0 bridgehead atoms. The zero-order valence-electron chi connectivity index (χ0n) is 17.7. The maximum absolute atomic E-state index is 13.1. The van der Waals surface area contributed by atoms with Gasteiger partial charge in [0.25, 0.3) is 5.56 Å². The SMILES string of the molecule is Cc1cccc(Cl)c1-n1cnc2nc(SCc3ccc(OC[C@H]4CC4C)cc3)sc2c1=O. The van der Waals surface area contributed by atoms with E-state index in [2.05, 4.69) is 29.0 Å². The third-order valence-electron chi connectivity index (χ3n) is 5.75. The molecule has 0 N–H and O–H groups in total. The molecule has 0 aliphatic heterocycles. The van der Waals surface area contributed by atoms with Crippen molar-refractivity contribution in [1.82, 2.24) is 14.5 Å². The number of nitrogens with zero attached hydrogens (tertiary/aromatic N) is 3. The van der Waals surface area contributed by atoms with Crippen molar-refractivity contribution in [2.45, 2.75) is 30.4 Å². The first-order chi connectivity index (χ1) is 15.5. The summed E-state index contributed by atoms with van der Waals surface area (Å²) in [6, 6.07) is 13.8. The van der Waals surface area contributed by atoms with Gasteiger partial charge in [-0.1, -0.05) is 54.6 Å². The van der Waals surface area contributed by atoms with E-state index in [1.807, 2.05) is 31.2 Å². The molecule has 4 aromatic rings. The summed E-state index contributed by atoms with van der Waals surface area (Å²) in [4.78, 5) is 22.1. The van der Waals surface area contributed by atoms with E-state index in [9.17, 15) is 4.79 Å². The monoisotopic (exact) mass is 483 g/mol. The Hall–Kier alpha value is -2.35. The zero-order chi connectivity index (χ0) is 22.2. The number of halogens is 1. The quantitative estimate of drug-likeness (QED) is 0.296. The van der Waals surface area contributed by atoms with Crippen LogP contribution in [0.2, 0.25) is 5.02 Å². The molecule has 0 spiro atoms. The van der Waals surface area contributed by atoms with Crippen LogP contribution in [0.5, 0.6) is 5.75 Å². The molecule has 1 aliphatic rings. The lowest BCUT2D eigenvalue weighted by Crippen LogP contribution is -2.19. The van der Waals surface area contributed by atoms with Crippen LogP contribution in [0.3, 0.4) is 0 Å². The van der Waals surface area contributed by atoms with Crippen molar-refractivity contribution in [3.8, 4) is 11.4 Å². The number of fused-ring (bicyclic) bond motifs is 1. The van der Waals surface area contributed by atoms with E-state index in [0.29, 0.717) is 27.0 Å². The lowest BCUT2D eigenvalue weighted by molar-refractivity contribution is 0.293. The number of rotatable bonds is 7. The van der Waals surface area contributed by atoms with Crippen LogP contribution in [-0.2, 0) is 5.75 Å².